The van der Waals surface area contributed by atoms with Crippen molar-refractivity contribution in [1.29, 1.82) is 0 Å². The number of carbonyl (C=O) groups is 1. The molecular weight excluding hydrogens is 242 g/mol. The van der Waals surface area contributed by atoms with Gasteiger partial charge in [0.2, 0.25) is 5.91 Å². The quantitative estimate of drug-likeness (QED) is 0.774. The van der Waals surface area contributed by atoms with Gasteiger partial charge < -0.3 is 10.6 Å². The maximum atomic E-state index is 11.6. The van der Waals surface area contributed by atoms with Gasteiger partial charge in [-0.15, -0.1) is 10.2 Å². The van der Waals surface area contributed by atoms with E-state index in [-0.39, 0.29) is 5.91 Å². The van der Waals surface area contributed by atoms with Crippen molar-refractivity contribution in [2.75, 3.05) is 13.1 Å². The molecule has 2 aromatic heterocycles. The fourth-order valence-electron chi connectivity index (χ4n) is 1.96. The second kappa shape index (κ2) is 5.36. The molecule has 0 aliphatic heterocycles. The Labute approximate surface area is 111 Å². The zero-order valence-corrected chi connectivity index (χ0v) is 10.7. The molecule has 19 heavy (non-hydrogen) atoms. The van der Waals surface area contributed by atoms with Crippen molar-refractivity contribution in [3.8, 4) is 0 Å². The van der Waals surface area contributed by atoms with E-state index in [0.717, 1.165) is 11.5 Å². The molecule has 1 aliphatic carbocycles. The number of aromatic nitrogens is 3. The summed E-state index contributed by atoms with van der Waals surface area (Å²) in [7, 11) is 0. The Morgan fingerprint density at radius 2 is 2.26 bits per heavy atom. The highest BCUT2D eigenvalue weighted by molar-refractivity contribution is 5.78. The number of hydrogen-bond acceptors (Lipinski definition) is 4. The van der Waals surface area contributed by atoms with Crippen LogP contribution in [0, 0.1) is 0 Å². The third-order valence-electron chi connectivity index (χ3n) is 3.18. The Balaban J connectivity index is 1.47. The second-order valence-electron chi connectivity index (χ2n) is 4.80. The zero-order chi connectivity index (χ0) is 13.1. The lowest BCUT2D eigenvalue weighted by atomic mass is 10.3. The van der Waals surface area contributed by atoms with Crippen molar-refractivity contribution in [3.05, 3.63) is 30.2 Å². The van der Waals surface area contributed by atoms with E-state index in [0.29, 0.717) is 25.6 Å². The van der Waals surface area contributed by atoms with Gasteiger partial charge in [-0.3, -0.25) is 9.20 Å². The predicted octanol–water partition coefficient (Wildman–Crippen LogP) is 0.140. The highest BCUT2D eigenvalue weighted by atomic mass is 16.1. The Bertz CT molecular complexity index is 575. The van der Waals surface area contributed by atoms with Gasteiger partial charge in [-0.05, 0) is 25.0 Å². The van der Waals surface area contributed by atoms with E-state index in [9.17, 15) is 4.79 Å². The molecule has 6 nitrogen and oxygen atoms in total. The summed E-state index contributed by atoms with van der Waals surface area (Å²) in [5.41, 5.74) is 0.833. The molecule has 1 fully saturated rings. The maximum Gasteiger partial charge on any atom is 0.233 e. The standard InChI is InChI=1S/C13H17N5O/c19-13(9-15-10-4-5-10)14-7-6-12-17-16-11-3-1-2-8-18(11)12/h1-3,8,10,15H,4-7,9H2,(H,14,19). The molecule has 2 heterocycles. The van der Waals surface area contributed by atoms with Crippen LogP contribution in [-0.4, -0.2) is 39.6 Å². The molecule has 1 aliphatic rings. The molecule has 2 aromatic rings. The van der Waals surface area contributed by atoms with Gasteiger partial charge in [-0.25, -0.2) is 0 Å². The fourth-order valence-corrected chi connectivity index (χ4v) is 1.96. The predicted molar refractivity (Wildman–Crippen MR) is 70.7 cm³/mol. The van der Waals surface area contributed by atoms with Crippen molar-refractivity contribution < 1.29 is 4.79 Å². The SMILES string of the molecule is O=C(CNC1CC1)NCCc1nnc2ccccn12. The van der Waals surface area contributed by atoms with Gasteiger partial charge in [-0.1, -0.05) is 6.07 Å². The average Bonchev–Trinajstić information content (AvgIpc) is 3.18. The number of fused-ring (bicyclic) bond motifs is 1. The first-order valence-electron chi connectivity index (χ1n) is 6.61. The Hall–Kier alpha value is -1.95. The highest BCUT2D eigenvalue weighted by Crippen LogP contribution is 2.17. The highest BCUT2D eigenvalue weighted by Gasteiger charge is 2.20. The molecule has 0 saturated heterocycles. The summed E-state index contributed by atoms with van der Waals surface area (Å²) in [5, 5.41) is 14.3. The van der Waals surface area contributed by atoms with Crippen LogP contribution in [0.25, 0.3) is 5.65 Å². The van der Waals surface area contributed by atoms with Gasteiger partial charge in [0, 0.05) is 25.2 Å². The zero-order valence-electron chi connectivity index (χ0n) is 10.7. The van der Waals surface area contributed by atoms with Crippen LogP contribution in [0.15, 0.2) is 24.4 Å². The third-order valence-corrected chi connectivity index (χ3v) is 3.18. The molecule has 1 saturated carbocycles. The number of pyridine rings is 1. The smallest absolute Gasteiger partial charge is 0.233 e. The largest absolute Gasteiger partial charge is 0.355 e. The molecular formula is C13H17N5O. The van der Waals surface area contributed by atoms with Crippen LogP contribution in [0.3, 0.4) is 0 Å². The van der Waals surface area contributed by atoms with Crippen LogP contribution < -0.4 is 10.6 Å². The summed E-state index contributed by atoms with van der Waals surface area (Å²) >= 11 is 0. The molecule has 0 bridgehead atoms. The minimum Gasteiger partial charge on any atom is -0.355 e. The van der Waals surface area contributed by atoms with Gasteiger partial charge in [0.15, 0.2) is 5.65 Å². The number of amides is 1. The van der Waals surface area contributed by atoms with Gasteiger partial charge >= 0.3 is 0 Å². The molecule has 3 rings (SSSR count). The number of nitrogens with zero attached hydrogens (tertiary/aromatic N) is 3. The molecule has 0 aromatic carbocycles. The van der Waals surface area contributed by atoms with Crippen molar-refractivity contribution in [2.45, 2.75) is 25.3 Å². The first kappa shape index (κ1) is 12.1. The van der Waals surface area contributed by atoms with E-state index in [1.807, 2.05) is 28.8 Å². The van der Waals surface area contributed by atoms with E-state index in [2.05, 4.69) is 20.8 Å². The lowest BCUT2D eigenvalue weighted by Gasteiger charge is -2.05. The summed E-state index contributed by atoms with van der Waals surface area (Å²) in [4.78, 5) is 11.6. The van der Waals surface area contributed by atoms with Crippen molar-refractivity contribution in [2.24, 2.45) is 0 Å². The Morgan fingerprint density at radius 1 is 1.37 bits per heavy atom. The van der Waals surface area contributed by atoms with Crippen molar-refractivity contribution in [3.63, 3.8) is 0 Å². The van der Waals surface area contributed by atoms with Crippen LogP contribution in [-0.2, 0) is 11.2 Å². The monoisotopic (exact) mass is 259 g/mol. The van der Waals surface area contributed by atoms with Gasteiger partial charge in [0.05, 0.1) is 6.54 Å². The first-order chi connectivity index (χ1) is 9.33. The molecule has 2 N–H and O–H groups in total. The number of rotatable bonds is 6. The second-order valence-corrected chi connectivity index (χ2v) is 4.80. The van der Waals surface area contributed by atoms with Gasteiger partial charge in [0.1, 0.15) is 5.82 Å². The summed E-state index contributed by atoms with van der Waals surface area (Å²) < 4.78 is 1.94. The first-order valence-corrected chi connectivity index (χ1v) is 6.61. The van der Waals surface area contributed by atoms with Crippen LogP contribution in [0.4, 0.5) is 0 Å². The fraction of sp³-hybridized carbons (Fsp3) is 0.462. The normalized spacial score (nSPS) is 14.7. The van der Waals surface area contributed by atoms with Crippen LogP contribution in [0.5, 0.6) is 0 Å². The maximum absolute atomic E-state index is 11.6. The average molecular weight is 259 g/mol. The summed E-state index contributed by atoms with van der Waals surface area (Å²) in [6, 6.07) is 6.34. The number of hydrogen-bond donors (Lipinski definition) is 2. The molecule has 0 atom stereocenters. The topological polar surface area (TPSA) is 71.3 Å². The molecule has 0 unspecified atom stereocenters. The molecule has 6 heteroatoms. The van der Waals surface area contributed by atoms with E-state index >= 15 is 0 Å². The molecule has 1 amide bonds. The van der Waals surface area contributed by atoms with Crippen LogP contribution in [0.1, 0.15) is 18.7 Å². The third kappa shape index (κ3) is 3.08. The van der Waals surface area contributed by atoms with Gasteiger partial charge in [-0.2, -0.15) is 0 Å². The van der Waals surface area contributed by atoms with Gasteiger partial charge in [0.25, 0.3) is 0 Å². The van der Waals surface area contributed by atoms with E-state index < -0.39 is 0 Å². The minimum atomic E-state index is 0.0423. The molecule has 100 valence electrons. The molecule has 0 radical (unpaired) electrons. The van der Waals surface area contributed by atoms with E-state index in [4.69, 9.17) is 0 Å². The number of carbonyl (C=O) groups excluding carboxylic acids is 1. The van der Waals surface area contributed by atoms with Crippen LogP contribution in [0.2, 0.25) is 0 Å². The summed E-state index contributed by atoms with van der Waals surface area (Å²) in [6.07, 6.45) is 5.00. The lowest BCUT2D eigenvalue weighted by molar-refractivity contribution is -0.120. The van der Waals surface area contributed by atoms with E-state index in [1.54, 1.807) is 0 Å². The van der Waals surface area contributed by atoms with E-state index in [1.165, 1.54) is 12.8 Å². The lowest BCUT2D eigenvalue weighted by Crippen LogP contribution is -2.35. The number of nitrogens with one attached hydrogen (secondary N) is 2. The summed E-state index contributed by atoms with van der Waals surface area (Å²) in [5.74, 6) is 0.909. The minimum absolute atomic E-state index is 0.0423. The van der Waals surface area contributed by atoms with Crippen molar-refractivity contribution >= 4 is 11.6 Å². The Kier molecular flexibility index (Phi) is 3.41. The summed E-state index contributed by atoms with van der Waals surface area (Å²) in [6.45, 7) is 0.992. The Morgan fingerprint density at radius 3 is 3.11 bits per heavy atom. The van der Waals surface area contributed by atoms with Crippen molar-refractivity contribution in [1.82, 2.24) is 25.2 Å². The molecule has 0 spiro atoms. The van der Waals surface area contributed by atoms with Crippen LogP contribution >= 0.6 is 0 Å².